The van der Waals surface area contributed by atoms with Gasteiger partial charge in [-0.25, -0.2) is 15.0 Å². The van der Waals surface area contributed by atoms with E-state index in [1.54, 1.807) is 13.3 Å². The molecule has 24 heavy (non-hydrogen) atoms. The molecule has 1 aliphatic heterocycles. The van der Waals surface area contributed by atoms with Gasteiger partial charge in [-0.3, -0.25) is 10.1 Å². The van der Waals surface area contributed by atoms with Crippen molar-refractivity contribution in [3.05, 3.63) is 46.9 Å². The Bertz CT molecular complexity index is 681. The molecule has 0 spiro atoms. The van der Waals surface area contributed by atoms with Crippen molar-refractivity contribution in [1.82, 2.24) is 15.0 Å². The Hall–Kier alpha value is -2.81. The summed E-state index contributed by atoms with van der Waals surface area (Å²) in [7, 11) is 1.65. The first-order chi connectivity index (χ1) is 11.7. The van der Waals surface area contributed by atoms with Crippen LogP contribution in [0.25, 0.3) is 0 Å². The minimum Gasteiger partial charge on any atom is -0.382 e. The van der Waals surface area contributed by atoms with Gasteiger partial charge in [0.25, 0.3) is 0 Å². The maximum atomic E-state index is 10.7. The van der Waals surface area contributed by atoms with Crippen molar-refractivity contribution < 1.29 is 9.66 Å². The highest BCUT2D eigenvalue weighted by molar-refractivity contribution is 5.44. The average Bonchev–Trinajstić information content (AvgIpc) is 2.63. The zero-order chi connectivity index (χ0) is 16.9. The molecule has 0 N–H and O–H groups in total. The van der Waals surface area contributed by atoms with E-state index in [0.29, 0.717) is 25.6 Å². The molecule has 0 unspecified atom stereocenters. The molecule has 3 rings (SSSR count). The molecule has 0 aromatic carbocycles. The maximum Gasteiger partial charge on any atom is 0.305 e. The summed E-state index contributed by atoms with van der Waals surface area (Å²) in [6.07, 6.45) is 4.24. The fourth-order valence-corrected chi connectivity index (χ4v) is 2.76. The van der Waals surface area contributed by atoms with Crippen molar-refractivity contribution in [2.75, 3.05) is 43.2 Å². The van der Waals surface area contributed by atoms with Gasteiger partial charge < -0.3 is 14.5 Å². The lowest BCUT2D eigenvalue weighted by molar-refractivity contribution is -0.385. The molecule has 2 aromatic rings. The average molecular weight is 330 g/mol. The van der Waals surface area contributed by atoms with Crippen molar-refractivity contribution in [1.29, 1.82) is 0 Å². The third kappa shape index (κ3) is 3.40. The number of aromatic nitrogens is 3. The van der Waals surface area contributed by atoms with Crippen LogP contribution in [0, 0.1) is 10.1 Å². The van der Waals surface area contributed by atoms with E-state index < -0.39 is 4.92 Å². The Morgan fingerprint density at radius 1 is 1.29 bits per heavy atom. The summed E-state index contributed by atoms with van der Waals surface area (Å²) in [5.41, 5.74) is -0.117. The van der Waals surface area contributed by atoms with Crippen LogP contribution in [-0.2, 0) is 4.74 Å². The summed E-state index contributed by atoms with van der Waals surface area (Å²) in [5, 5.41) is 10.7. The van der Waals surface area contributed by atoms with Crippen molar-refractivity contribution in [3.63, 3.8) is 0 Å². The predicted molar refractivity (Wildman–Crippen MR) is 88.1 cm³/mol. The van der Waals surface area contributed by atoms with E-state index in [1.807, 2.05) is 23.1 Å². The maximum absolute atomic E-state index is 10.7. The molecule has 1 saturated heterocycles. The molecular weight excluding hydrogens is 312 g/mol. The Morgan fingerprint density at radius 3 is 2.71 bits per heavy atom. The van der Waals surface area contributed by atoms with Crippen LogP contribution in [0.15, 0.2) is 36.8 Å². The highest BCUT2D eigenvalue weighted by atomic mass is 16.6. The zero-order valence-electron chi connectivity index (χ0n) is 13.3. The van der Waals surface area contributed by atoms with E-state index in [-0.39, 0.29) is 11.7 Å². The smallest absolute Gasteiger partial charge is 0.305 e. The van der Waals surface area contributed by atoms with Crippen LogP contribution >= 0.6 is 0 Å². The Morgan fingerprint density at radius 2 is 2.08 bits per heavy atom. The highest BCUT2D eigenvalue weighted by Gasteiger charge is 2.29. The summed E-state index contributed by atoms with van der Waals surface area (Å²) in [6, 6.07) is 5.85. The van der Waals surface area contributed by atoms with Crippen LogP contribution in [0.3, 0.4) is 0 Å². The number of hydrogen-bond donors (Lipinski definition) is 0. The largest absolute Gasteiger partial charge is 0.382 e. The van der Waals surface area contributed by atoms with Gasteiger partial charge in [0.1, 0.15) is 18.2 Å². The lowest BCUT2D eigenvalue weighted by atomic mass is 10.2. The van der Waals surface area contributed by atoms with Crippen LogP contribution in [-0.4, -0.2) is 59.3 Å². The molecule has 3 heterocycles. The molecule has 0 aliphatic carbocycles. The van der Waals surface area contributed by atoms with Crippen molar-refractivity contribution in [3.8, 4) is 0 Å². The molecule has 9 heteroatoms. The second-order valence-corrected chi connectivity index (χ2v) is 5.43. The number of pyridine rings is 1. The number of nitro groups is 1. The Kier molecular flexibility index (Phi) is 4.80. The summed E-state index contributed by atoms with van der Waals surface area (Å²) in [4.78, 5) is 27.1. The summed E-state index contributed by atoms with van der Waals surface area (Å²) >= 11 is 0. The first kappa shape index (κ1) is 16.1. The summed E-state index contributed by atoms with van der Waals surface area (Å²) < 4.78 is 5.33. The zero-order valence-corrected chi connectivity index (χ0v) is 13.3. The highest BCUT2D eigenvalue weighted by Crippen LogP contribution is 2.21. The lowest BCUT2D eigenvalue weighted by Crippen LogP contribution is -2.56. The minimum atomic E-state index is -0.505. The Balaban J connectivity index is 1.77. The molecule has 1 fully saturated rings. The van der Waals surface area contributed by atoms with Gasteiger partial charge in [0.2, 0.25) is 5.95 Å². The number of anilines is 2. The quantitative estimate of drug-likeness (QED) is 0.594. The van der Waals surface area contributed by atoms with Crippen LogP contribution in [0.1, 0.15) is 0 Å². The Labute approximate surface area is 139 Å². The fraction of sp³-hybridized carbons (Fsp3) is 0.400. The van der Waals surface area contributed by atoms with Crippen LogP contribution in [0.2, 0.25) is 0 Å². The van der Waals surface area contributed by atoms with Gasteiger partial charge in [0.05, 0.1) is 17.6 Å². The molecule has 0 saturated carbocycles. The van der Waals surface area contributed by atoms with Crippen LogP contribution in [0.5, 0.6) is 0 Å². The number of hydrogen-bond acceptors (Lipinski definition) is 8. The standard InChI is InChI=1S/C15H18N6O3/c1-24-11-13-10-19(14-4-2-3-5-16-14)6-7-20(13)15-17-8-12(9-18-15)21(22)23/h2-5,8-9,13H,6-7,10-11H2,1H3/t13-/m1/s1. The molecule has 0 amide bonds. The molecule has 2 aromatic heterocycles. The number of rotatable bonds is 5. The van der Waals surface area contributed by atoms with E-state index in [9.17, 15) is 10.1 Å². The summed E-state index contributed by atoms with van der Waals surface area (Å²) in [5.74, 6) is 1.39. The fourth-order valence-electron chi connectivity index (χ4n) is 2.76. The van der Waals surface area contributed by atoms with Gasteiger partial charge in [-0.1, -0.05) is 6.07 Å². The van der Waals surface area contributed by atoms with E-state index in [4.69, 9.17) is 4.74 Å². The normalized spacial score (nSPS) is 17.8. The number of piperazine rings is 1. The van der Waals surface area contributed by atoms with Crippen LogP contribution < -0.4 is 9.80 Å². The van der Waals surface area contributed by atoms with Gasteiger partial charge in [-0.05, 0) is 12.1 Å². The third-order valence-corrected chi connectivity index (χ3v) is 3.91. The molecular formula is C15H18N6O3. The predicted octanol–water partition coefficient (Wildman–Crippen LogP) is 1.12. The third-order valence-electron chi connectivity index (χ3n) is 3.91. The lowest BCUT2D eigenvalue weighted by Gasteiger charge is -2.41. The van der Waals surface area contributed by atoms with E-state index >= 15 is 0 Å². The SMILES string of the molecule is COC[C@H]1CN(c2ccccn2)CCN1c1ncc([N+](=O)[O-])cn1. The molecule has 126 valence electrons. The number of methoxy groups -OCH3 is 1. The van der Waals surface area contributed by atoms with Crippen LogP contribution in [0.4, 0.5) is 17.5 Å². The van der Waals surface area contributed by atoms with Gasteiger partial charge in [-0.15, -0.1) is 0 Å². The van der Waals surface area contributed by atoms with Crippen molar-refractivity contribution in [2.45, 2.75) is 6.04 Å². The molecule has 1 atom stereocenters. The first-order valence-electron chi connectivity index (χ1n) is 7.57. The van der Waals surface area contributed by atoms with E-state index in [0.717, 1.165) is 12.4 Å². The number of ether oxygens (including phenoxy) is 1. The van der Waals surface area contributed by atoms with Gasteiger partial charge in [0, 0.05) is 32.9 Å². The minimum absolute atomic E-state index is 0.0345. The topological polar surface area (TPSA) is 97.5 Å². The molecule has 9 nitrogen and oxygen atoms in total. The monoisotopic (exact) mass is 330 g/mol. The number of nitrogens with zero attached hydrogens (tertiary/aromatic N) is 6. The van der Waals surface area contributed by atoms with Gasteiger partial charge >= 0.3 is 5.69 Å². The molecule has 0 bridgehead atoms. The van der Waals surface area contributed by atoms with E-state index in [2.05, 4.69) is 19.9 Å². The first-order valence-corrected chi connectivity index (χ1v) is 7.57. The van der Waals surface area contributed by atoms with E-state index in [1.165, 1.54) is 12.4 Å². The molecule has 1 aliphatic rings. The van der Waals surface area contributed by atoms with Crippen molar-refractivity contribution in [2.24, 2.45) is 0 Å². The molecule has 0 radical (unpaired) electrons. The second-order valence-electron chi connectivity index (χ2n) is 5.43. The van der Waals surface area contributed by atoms with Crippen molar-refractivity contribution >= 4 is 17.5 Å². The van der Waals surface area contributed by atoms with Gasteiger partial charge in [-0.2, -0.15) is 0 Å². The van der Waals surface area contributed by atoms with Gasteiger partial charge in [0.15, 0.2) is 0 Å². The second kappa shape index (κ2) is 7.18. The summed E-state index contributed by atoms with van der Waals surface area (Å²) in [6.45, 7) is 2.66.